The van der Waals surface area contributed by atoms with Crippen LogP contribution < -0.4 is 9.30 Å². The third-order valence-corrected chi connectivity index (χ3v) is 2.66. The predicted molar refractivity (Wildman–Crippen MR) is 52.6 cm³/mol. The molecule has 0 radical (unpaired) electrons. The van der Waals surface area contributed by atoms with E-state index in [0.29, 0.717) is 11.4 Å². The highest BCUT2D eigenvalue weighted by Crippen LogP contribution is 2.38. The van der Waals surface area contributed by atoms with Gasteiger partial charge in [-0.3, -0.25) is 0 Å². The van der Waals surface area contributed by atoms with Crippen LogP contribution in [0.1, 0.15) is 29.8 Å². The van der Waals surface area contributed by atoms with Gasteiger partial charge in [-0.25, -0.2) is 4.79 Å². The Morgan fingerprint density at radius 2 is 2.13 bits per heavy atom. The van der Waals surface area contributed by atoms with Gasteiger partial charge in [0.25, 0.3) is 0 Å². The van der Waals surface area contributed by atoms with Gasteiger partial charge in [-0.05, 0) is 13.8 Å². The summed E-state index contributed by atoms with van der Waals surface area (Å²) in [7, 11) is 3.38. The number of rotatable bonds is 1. The van der Waals surface area contributed by atoms with E-state index in [9.17, 15) is 4.79 Å². The van der Waals surface area contributed by atoms with Gasteiger partial charge in [-0.1, -0.05) is 0 Å². The van der Waals surface area contributed by atoms with Crippen LogP contribution in [0.5, 0.6) is 5.88 Å². The lowest BCUT2D eigenvalue weighted by atomic mass is 9.97. The molecule has 0 aliphatic carbocycles. The number of nitrogens with zero attached hydrogens (tertiary/aromatic N) is 1. The first kappa shape index (κ1) is 9.96. The van der Waals surface area contributed by atoms with Crippen molar-refractivity contribution in [3.63, 3.8) is 0 Å². The number of hydrogen-bond donors (Lipinski definition) is 0. The van der Waals surface area contributed by atoms with Crippen molar-refractivity contribution in [3.05, 3.63) is 23.4 Å². The summed E-state index contributed by atoms with van der Waals surface area (Å²) in [6, 6.07) is 1.89. The Morgan fingerprint density at radius 1 is 1.47 bits per heavy atom. The molecule has 0 aromatic carbocycles. The van der Waals surface area contributed by atoms with Gasteiger partial charge in [0, 0.05) is 11.6 Å². The van der Waals surface area contributed by atoms with Crippen molar-refractivity contribution in [1.29, 1.82) is 0 Å². The van der Waals surface area contributed by atoms with Crippen molar-refractivity contribution in [2.24, 2.45) is 7.05 Å². The number of hydrogen-bond acceptors (Lipinski definition) is 3. The molecule has 1 aromatic rings. The Morgan fingerprint density at radius 3 is 2.73 bits per heavy atom. The van der Waals surface area contributed by atoms with E-state index in [1.807, 2.05) is 33.2 Å². The zero-order chi connectivity index (χ0) is 11.2. The normalized spacial score (nSPS) is 17.2. The zero-order valence-corrected chi connectivity index (χ0v) is 9.33. The summed E-state index contributed by atoms with van der Waals surface area (Å²) >= 11 is 0. The van der Waals surface area contributed by atoms with Crippen LogP contribution >= 0.6 is 0 Å². The summed E-state index contributed by atoms with van der Waals surface area (Å²) in [6.45, 7) is 3.74. The van der Waals surface area contributed by atoms with Crippen LogP contribution in [0.25, 0.3) is 0 Å². The quantitative estimate of drug-likeness (QED) is 0.509. The summed E-state index contributed by atoms with van der Waals surface area (Å²) in [5, 5.41) is 0. The summed E-state index contributed by atoms with van der Waals surface area (Å²) in [4.78, 5) is 11.7. The summed E-state index contributed by atoms with van der Waals surface area (Å²) in [5.74, 6) is 0.228. The van der Waals surface area contributed by atoms with Crippen LogP contribution in [-0.4, -0.2) is 13.1 Å². The largest absolute Gasteiger partial charge is 0.451 e. The van der Waals surface area contributed by atoms with Crippen LogP contribution in [0.15, 0.2) is 12.3 Å². The highest BCUT2D eigenvalue weighted by Gasteiger charge is 2.43. The highest BCUT2D eigenvalue weighted by molar-refractivity contribution is 5.96. The van der Waals surface area contributed by atoms with Crippen molar-refractivity contribution in [2.75, 3.05) is 7.11 Å². The van der Waals surface area contributed by atoms with Crippen LogP contribution in [-0.2, 0) is 17.4 Å². The van der Waals surface area contributed by atoms with E-state index in [1.165, 1.54) is 0 Å². The SMILES string of the molecule is COc1c2c(cc[n+]1C)C(C)(C)OC2=O. The zero-order valence-electron chi connectivity index (χ0n) is 9.33. The summed E-state index contributed by atoms with van der Waals surface area (Å²) in [5.41, 5.74) is 0.850. The molecule has 1 aliphatic rings. The number of methoxy groups -OCH3 is 1. The molecule has 0 saturated carbocycles. The van der Waals surface area contributed by atoms with Crippen LogP contribution in [0, 0.1) is 0 Å². The lowest BCUT2D eigenvalue weighted by Crippen LogP contribution is -2.31. The second-order valence-corrected chi connectivity index (χ2v) is 4.12. The van der Waals surface area contributed by atoms with Crippen molar-refractivity contribution < 1.29 is 18.8 Å². The number of ether oxygens (including phenoxy) is 2. The topological polar surface area (TPSA) is 39.4 Å². The third-order valence-electron chi connectivity index (χ3n) is 2.66. The van der Waals surface area contributed by atoms with Gasteiger partial charge in [-0.15, -0.1) is 0 Å². The van der Waals surface area contributed by atoms with Crippen molar-refractivity contribution in [3.8, 4) is 5.88 Å². The summed E-state index contributed by atoms with van der Waals surface area (Å²) < 4.78 is 12.3. The van der Waals surface area contributed by atoms with E-state index < -0.39 is 5.60 Å². The number of carbonyl (C=O) groups excluding carboxylic acids is 1. The first-order chi connectivity index (χ1) is 6.97. The fourth-order valence-corrected chi connectivity index (χ4v) is 1.91. The van der Waals surface area contributed by atoms with Crippen molar-refractivity contribution in [1.82, 2.24) is 0 Å². The molecular weight excluding hydrogens is 194 g/mol. The van der Waals surface area contributed by atoms with Gasteiger partial charge < -0.3 is 9.47 Å². The molecule has 0 N–H and O–H groups in total. The molecule has 15 heavy (non-hydrogen) atoms. The minimum Gasteiger partial charge on any atom is -0.451 e. The average molecular weight is 208 g/mol. The Kier molecular flexibility index (Phi) is 1.96. The van der Waals surface area contributed by atoms with Crippen molar-refractivity contribution in [2.45, 2.75) is 19.4 Å². The third kappa shape index (κ3) is 1.28. The fraction of sp³-hybridized carbons (Fsp3) is 0.455. The van der Waals surface area contributed by atoms with E-state index >= 15 is 0 Å². The van der Waals surface area contributed by atoms with E-state index in [2.05, 4.69) is 0 Å². The summed E-state index contributed by atoms with van der Waals surface area (Å²) in [6.07, 6.45) is 1.86. The minimum absolute atomic E-state index is 0.317. The molecule has 4 nitrogen and oxygen atoms in total. The molecule has 0 fully saturated rings. The first-order valence-electron chi connectivity index (χ1n) is 4.78. The number of cyclic esters (lactones) is 1. The number of esters is 1. The molecule has 1 aromatic heterocycles. The maximum Gasteiger partial charge on any atom is 0.382 e. The van der Waals surface area contributed by atoms with E-state index in [-0.39, 0.29) is 5.97 Å². The Bertz CT molecular complexity index is 438. The van der Waals surface area contributed by atoms with Gasteiger partial charge in [0.15, 0.2) is 11.8 Å². The first-order valence-corrected chi connectivity index (χ1v) is 4.78. The number of carbonyl (C=O) groups is 1. The smallest absolute Gasteiger partial charge is 0.382 e. The van der Waals surface area contributed by atoms with E-state index in [4.69, 9.17) is 9.47 Å². The van der Waals surface area contributed by atoms with E-state index in [0.717, 1.165) is 5.56 Å². The average Bonchev–Trinajstić information content (AvgIpc) is 2.37. The number of aryl methyl sites for hydroxylation is 1. The van der Waals surface area contributed by atoms with Crippen LogP contribution in [0.4, 0.5) is 0 Å². The molecule has 0 unspecified atom stereocenters. The number of pyridine rings is 1. The molecule has 0 amide bonds. The standard InChI is InChI=1S/C11H14NO3/c1-11(2)7-5-6-12(3)9(14-4)8(7)10(13)15-11/h5-6H,1-4H3/q+1. The van der Waals surface area contributed by atoms with Crippen LogP contribution in [0.2, 0.25) is 0 Å². The molecule has 2 heterocycles. The predicted octanol–water partition coefficient (Wildman–Crippen LogP) is 0.925. The van der Waals surface area contributed by atoms with Crippen LogP contribution in [0.3, 0.4) is 0 Å². The van der Waals surface area contributed by atoms with E-state index in [1.54, 1.807) is 11.7 Å². The number of aromatic nitrogens is 1. The molecule has 1 aliphatic heterocycles. The Labute approximate surface area is 88.4 Å². The lowest BCUT2D eigenvalue weighted by Gasteiger charge is -2.16. The molecule has 0 bridgehead atoms. The number of fused-ring (bicyclic) bond motifs is 1. The van der Waals surface area contributed by atoms with Gasteiger partial charge in [0.2, 0.25) is 0 Å². The molecular formula is C11H14NO3+. The van der Waals surface area contributed by atoms with Gasteiger partial charge >= 0.3 is 11.8 Å². The van der Waals surface area contributed by atoms with Gasteiger partial charge in [0.05, 0.1) is 7.11 Å². The minimum atomic E-state index is -0.562. The maximum atomic E-state index is 11.7. The molecule has 80 valence electrons. The van der Waals surface area contributed by atoms with Gasteiger partial charge in [-0.2, -0.15) is 4.57 Å². The molecule has 0 atom stereocenters. The molecule has 2 rings (SSSR count). The maximum absolute atomic E-state index is 11.7. The van der Waals surface area contributed by atoms with Gasteiger partial charge in [0.1, 0.15) is 12.6 Å². The second kappa shape index (κ2) is 2.95. The fourth-order valence-electron chi connectivity index (χ4n) is 1.91. The second-order valence-electron chi connectivity index (χ2n) is 4.12. The highest BCUT2D eigenvalue weighted by atomic mass is 16.6. The Balaban J connectivity index is 2.73. The molecule has 0 spiro atoms. The monoisotopic (exact) mass is 208 g/mol. The Hall–Kier alpha value is -1.58. The lowest BCUT2D eigenvalue weighted by molar-refractivity contribution is -0.676. The molecule has 4 heteroatoms. The van der Waals surface area contributed by atoms with Crippen molar-refractivity contribution >= 4 is 5.97 Å². The molecule has 0 saturated heterocycles.